The van der Waals surface area contributed by atoms with E-state index in [4.69, 9.17) is 0 Å². The number of amides is 1. The molecule has 21 heavy (non-hydrogen) atoms. The first-order valence-corrected chi connectivity index (χ1v) is 7.65. The summed E-state index contributed by atoms with van der Waals surface area (Å²) in [5.74, 6) is -0.0935. The van der Waals surface area contributed by atoms with Crippen LogP contribution in [-0.2, 0) is 13.0 Å². The molecule has 0 atom stereocenters. The van der Waals surface area contributed by atoms with E-state index in [1.807, 2.05) is 30.3 Å². The third-order valence-electron chi connectivity index (χ3n) is 3.51. The van der Waals surface area contributed by atoms with Crippen LogP contribution in [0, 0.1) is 0 Å². The lowest BCUT2D eigenvalue weighted by Gasteiger charge is -2.23. The number of halogens is 1. The number of hydrogen-bond donors (Lipinski definition) is 1. The van der Waals surface area contributed by atoms with Crippen molar-refractivity contribution in [3.63, 3.8) is 0 Å². The number of anilines is 1. The second-order valence-corrected chi connectivity index (χ2v) is 5.91. The van der Waals surface area contributed by atoms with Crippen molar-refractivity contribution in [1.82, 2.24) is 9.88 Å². The number of aromatic nitrogens is 1. The molecule has 0 unspecified atom stereocenters. The van der Waals surface area contributed by atoms with E-state index in [9.17, 15) is 4.79 Å². The second-order valence-electron chi connectivity index (χ2n) is 4.83. The van der Waals surface area contributed by atoms with Crippen molar-refractivity contribution in [3.8, 4) is 0 Å². The van der Waals surface area contributed by atoms with Crippen LogP contribution in [0.1, 0.15) is 27.9 Å². The number of fused-ring (bicyclic) bond motifs is 1. The summed E-state index contributed by atoms with van der Waals surface area (Å²) in [5, 5.41) is 3.61. The Balaban J connectivity index is 0.00000161. The van der Waals surface area contributed by atoms with Crippen molar-refractivity contribution in [2.45, 2.75) is 19.9 Å². The number of benzene rings is 1. The van der Waals surface area contributed by atoms with Gasteiger partial charge in [-0.3, -0.25) is 15.0 Å². The minimum Gasteiger partial charge on any atom is -0.298 e. The van der Waals surface area contributed by atoms with Crippen molar-refractivity contribution in [2.75, 3.05) is 18.4 Å². The molecule has 0 radical (unpaired) electrons. The van der Waals surface area contributed by atoms with Gasteiger partial charge in [-0.15, -0.1) is 23.7 Å². The average Bonchev–Trinajstić information content (AvgIpc) is 2.89. The summed E-state index contributed by atoms with van der Waals surface area (Å²) < 4.78 is 0. The van der Waals surface area contributed by atoms with Gasteiger partial charge in [0.25, 0.3) is 5.91 Å². The largest absolute Gasteiger partial charge is 0.298 e. The molecule has 0 bridgehead atoms. The highest BCUT2D eigenvalue weighted by Crippen LogP contribution is 2.28. The van der Waals surface area contributed by atoms with Gasteiger partial charge in [0.15, 0.2) is 5.13 Å². The minimum atomic E-state index is -0.0935. The first kappa shape index (κ1) is 15.9. The van der Waals surface area contributed by atoms with Crippen molar-refractivity contribution in [2.24, 2.45) is 0 Å². The van der Waals surface area contributed by atoms with Crippen LogP contribution in [0.25, 0.3) is 0 Å². The number of likely N-dealkylation sites (N-methyl/N-ethyl adjacent to an activating group) is 1. The van der Waals surface area contributed by atoms with E-state index in [2.05, 4.69) is 22.1 Å². The molecule has 112 valence electrons. The van der Waals surface area contributed by atoms with Crippen LogP contribution in [0.4, 0.5) is 5.13 Å². The summed E-state index contributed by atoms with van der Waals surface area (Å²) in [6.07, 6.45) is 0.973. The van der Waals surface area contributed by atoms with Crippen LogP contribution in [0.5, 0.6) is 0 Å². The zero-order valence-electron chi connectivity index (χ0n) is 11.8. The SMILES string of the molecule is CCN1CCc2nc(NC(=O)c3ccccc3)sc2C1.Cl. The predicted molar refractivity (Wildman–Crippen MR) is 88.4 cm³/mol. The Kier molecular flexibility index (Phi) is 5.33. The Morgan fingerprint density at radius 3 is 2.86 bits per heavy atom. The fourth-order valence-corrected chi connectivity index (χ4v) is 3.38. The standard InChI is InChI=1S/C15H17N3OS.ClH/c1-2-18-9-8-12-13(10-18)20-15(16-12)17-14(19)11-6-4-3-5-7-11;/h3-7H,2,8-10H2,1H3,(H,16,17,19);1H. The van der Waals surface area contributed by atoms with Crippen molar-refractivity contribution < 1.29 is 4.79 Å². The molecule has 0 saturated carbocycles. The summed E-state index contributed by atoms with van der Waals surface area (Å²) in [6.45, 7) is 5.23. The predicted octanol–water partition coefficient (Wildman–Crippen LogP) is 3.20. The molecule has 1 amide bonds. The number of carbonyl (C=O) groups excluding carboxylic acids is 1. The van der Waals surface area contributed by atoms with Gasteiger partial charge in [0.1, 0.15) is 0 Å². The van der Waals surface area contributed by atoms with E-state index >= 15 is 0 Å². The minimum absolute atomic E-state index is 0. The highest BCUT2D eigenvalue weighted by molar-refractivity contribution is 7.15. The van der Waals surface area contributed by atoms with Crippen LogP contribution in [0.2, 0.25) is 0 Å². The van der Waals surface area contributed by atoms with Crippen molar-refractivity contribution in [3.05, 3.63) is 46.5 Å². The molecule has 3 rings (SSSR count). The lowest BCUT2D eigenvalue weighted by Crippen LogP contribution is -2.29. The molecule has 2 aromatic rings. The summed E-state index contributed by atoms with van der Waals surface area (Å²) in [5.41, 5.74) is 1.80. The Bertz CT molecular complexity index is 615. The summed E-state index contributed by atoms with van der Waals surface area (Å²) in [6, 6.07) is 9.24. The molecule has 0 aliphatic carbocycles. The number of hydrogen-bond acceptors (Lipinski definition) is 4. The highest BCUT2D eigenvalue weighted by Gasteiger charge is 2.20. The van der Waals surface area contributed by atoms with Gasteiger partial charge in [0, 0.05) is 30.0 Å². The molecule has 4 nitrogen and oxygen atoms in total. The molecular weight excluding hydrogens is 306 g/mol. The molecule has 0 fully saturated rings. The third-order valence-corrected chi connectivity index (χ3v) is 4.51. The Morgan fingerprint density at radius 1 is 1.38 bits per heavy atom. The molecule has 1 aliphatic rings. The fraction of sp³-hybridized carbons (Fsp3) is 0.333. The fourth-order valence-electron chi connectivity index (χ4n) is 2.33. The van der Waals surface area contributed by atoms with Crippen LogP contribution in [0.3, 0.4) is 0 Å². The smallest absolute Gasteiger partial charge is 0.257 e. The topological polar surface area (TPSA) is 45.2 Å². The zero-order chi connectivity index (χ0) is 13.9. The molecule has 1 N–H and O–H groups in total. The summed E-state index contributed by atoms with van der Waals surface area (Å²) >= 11 is 1.59. The van der Waals surface area contributed by atoms with Gasteiger partial charge in [0.2, 0.25) is 0 Å². The number of nitrogens with one attached hydrogen (secondary N) is 1. The third kappa shape index (κ3) is 3.61. The molecule has 1 aromatic carbocycles. The molecule has 0 spiro atoms. The molecule has 1 aliphatic heterocycles. The van der Waals surface area contributed by atoms with Crippen LogP contribution in [0.15, 0.2) is 30.3 Å². The highest BCUT2D eigenvalue weighted by atomic mass is 35.5. The lowest BCUT2D eigenvalue weighted by atomic mass is 10.2. The average molecular weight is 324 g/mol. The van der Waals surface area contributed by atoms with Gasteiger partial charge in [-0.25, -0.2) is 4.98 Å². The molecule has 2 heterocycles. The number of carbonyl (C=O) groups is 1. The van der Waals surface area contributed by atoms with Crippen LogP contribution in [-0.4, -0.2) is 28.9 Å². The zero-order valence-corrected chi connectivity index (χ0v) is 13.5. The molecule has 1 aromatic heterocycles. The molecule has 0 saturated heterocycles. The van der Waals surface area contributed by atoms with E-state index < -0.39 is 0 Å². The Labute approximate surface area is 134 Å². The van der Waals surface area contributed by atoms with Crippen molar-refractivity contribution >= 4 is 34.8 Å². The first-order chi connectivity index (χ1) is 9.76. The monoisotopic (exact) mass is 323 g/mol. The molecule has 6 heteroatoms. The molecular formula is C15H18ClN3OS. The van der Waals surface area contributed by atoms with E-state index in [0.29, 0.717) is 10.7 Å². The van der Waals surface area contributed by atoms with Gasteiger partial charge in [-0.05, 0) is 18.7 Å². The van der Waals surface area contributed by atoms with Gasteiger partial charge in [-0.2, -0.15) is 0 Å². The van der Waals surface area contributed by atoms with Crippen molar-refractivity contribution in [1.29, 1.82) is 0 Å². The second kappa shape index (κ2) is 7.02. The van der Waals surface area contributed by atoms with Gasteiger partial charge < -0.3 is 0 Å². The Hall–Kier alpha value is -1.43. The van der Waals surface area contributed by atoms with E-state index in [-0.39, 0.29) is 18.3 Å². The summed E-state index contributed by atoms with van der Waals surface area (Å²) in [7, 11) is 0. The number of thiazole rings is 1. The lowest BCUT2D eigenvalue weighted by molar-refractivity contribution is 0.102. The van der Waals surface area contributed by atoms with E-state index in [1.54, 1.807) is 11.3 Å². The quantitative estimate of drug-likeness (QED) is 0.943. The van der Waals surface area contributed by atoms with Gasteiger partial charge in [0.05, 0.1) is 5.69 Å². The first-order valence-electron chi connectivity index (χ1n) is 6.83. The Morgan fingerprint density at radius 2 is 2.14 bits per heavy atom. The van der Waals surface area contributed by atoms with Gasteiger partial charge >= 0.3 is 0 Å². The number of rotatable bonds is 3. The number of nitrogens with zero attached hydrogens (tertiary/aromatic N) is 2. The summed E-state index contributed by atoms with van der Waals surface area (Å²) in [4.78, 5) is 20.3. The maximum Gasteiger partial charge on any atom is 0.257 e. The van der Waals surface area contributed by atoms with Crippen LogP contribution >= 0.6 is 23.7 Å². The van der Waals surface area contributed by atoms with E-state index in [1.165, 1.54) is 4.88 Å². The van der Waals surface area contributed by atoms with Crippen LogP contribution < -0.4 is 5.32 Å². The normalized spacial score (nSPS) is 14.1. The maximum atomic E-state index is 12.1. The van der Waals surface area contributed by atoms with Gasteiger partial charge in [-0.1, -0.05) is 25.1 Å². The maximum absolute atomic E-state index is 12.1. The van der Waals surface area contributed by atoms with E-state index in [0.717, 1.165) is 31.7 Å².